The van der Waals surface area contributed by atoms with E-state index in [2.05, 4.69) is 10.6 Å². The number of hydrogen-bond acceptors (Lipinski definition) is 4. The van der Waals surface area contributed by atoms with Crippen LogP contribution in [0.3, 0.4) is 0 Å². The van der Waals surface area contributed by atoms with Crippen LogP contribution in [-0.2, 0) is 4.74 Å². The number of hydrogen-bond donors (Lipinski definition) is 3. The van der Waals surface area contributed by atoms with Crippen LogP contribution in [0.25, 0.3) is 0 Å². The molecule has 0 radical (unpaired) electrons. The number of aliphatic hydroxyl groups excluding tert-OH is 1. The van der Waals surface area contributed by atoms with Crippen molar-refractivity contribution in [3.63, 3.8) is 0 Å². The second-order valence-electron chi connectivity index (χ2n) is 6.56. The lowest BCUT2D eigenvalue weighted by atomic mass is 9.93. The molecule has 126 valence electrons. The van der Waals surface area contributed by atoms with E-state index in [4.69, 9.17) is 4.74 Å². The Morgan fingerprint density at radius 3 is 2.73 bits per heavy atom. The van der Waals surface area contributed by atoms with Gasteiger partial charge < -0.3 is 20.5 Å². The second-order valence-corrected chi connectivity index (χ2v) is 6.56. The van der Waals surface area contributed by atoms with Gasteiger partial charge in [0.05, 0.1) is 25.3 Å². The van der Waals surface area contributed by atoms with Crippen molar-refractivity contribution in [2.45, 2.75) is 55.9 Å². The molecule has 0 aromatic rings. The van der Waals surface area contributed by atoms with Gasteiger partial charge in [-0.1, -0.05) is 0 Å². The van der Waals surface area contributed by atoms with Gasteiger partial charge in [-0.05, 0) is 19.3 Å². The lowest BCUT2D eigenvalue weighted by Crippen LogP contribution is -2.52. The van der Waals surface area contributed by atoms with Crippen molar-refractivity contribution in [3.8, 4) is 0 Å². The van der Waals surface area contributed by atoms with Gasteiger partial charge in [-0.2, -0.15) is 0 Å². The van der Waals surface area contributed by atoms with Gasteiger partial charge in [0.1, 0.15) is 6.10 Å². The molecular weight excluding hydrogens is 296 g/mol. The number of halogens is 2. The monoisotopic (exact) mass is 319 g/mol. The molecule has 1 saturated carbocycles. The van der Waals surface area contributed by atoms with Crippen molar-refractivity contribution < 1.29 is 23.4 Å². The number of nitrogens with zero attached hydrogens (tertiary/aromatic N) is 1. The zero-order valence-electron chi connectivity index (χ0n) is 12.4. The van der Waals surface area contributed by atoms with Crippen molar-refractivity contribution in [3.05, 3.63) is 0 Å². The minimum Gasteiger partial charge on any atom is -0.388 e. The summed E-state index contributed by atoms with van der Waals surface area (Å²) in [6.45, 7) is 0.479. The fourth-order valence-corrected chi connectivity index (χ4v) is 3.14. The standard InChI is InChI=1S/C14H23F2N3O3/c15-14(16)4-5-19(8-14)6-11-12(20)10(7-22-11)18-13(21)17-9-2-1-3-9/h9-12,20H,1-8H2,(H2,17,18,21). The largest absolute Gasteiger partial charge is 0.388 e. The van der Waals surface area contributed by atoms with Gasteiger partial charge in [0.25, 0.3) is 5.92 Å². The van der Waals surface area contributed by atoms with E-state index < -0.39 is 24.2 Å². The second kappa shape index (κ2) is 6.25. The molecule has 3 unspecified atom stereocenters. The number of alkyl halides is 2. The van der Waals surface area contributed by atoms with Gasteiger partial charge in [-0.25, -0.2) is 13.6 Å². The van der Waals surface area contributed by atoms with Crippen LogP contribution in [0, 0.1) is 0 Å². The summed E-state index contributed by atoms with van der Waals surface area (Å²) in [6, 6.07) is -0.569. The molecule has 3 N–H and O–H groups in total. The van der Waals surface area contributed by atoms with Crippen molar-refractivity contribution in [2.75, 3.05) is 26.2 Å². The summed E-state index contributed by atoms with van der Waals surface area (Å²) in [7, 11) is 0. The number of urea groups is 1. The summed E-state index contributed by atoms with van der Waals surface area (Å²) < 4.78 is 31.8. The maximum absolute atomic E-state index is 13.2. The molecule has 3 fully saturated rings. The lowest BCUT2D eigenvalue weighted by molar-refractivity contribution is -0.00728. The van der Waals surface area contributed by atoms with Crippen LogP contribution in [0.4, 0.5) is 13.6 Å². The third kappa shape index (κ3) is 3.67. The van der Waals surface area contributed by atoms with Crippen LogP contribution in [0.1, 0.15) is 25.7 Å². The van der Waals surface area contributed by atoms with E-state index in [-0.39, 0.29) is 38.2 Å². The van der Waals surface area contributed by atoms with Crippen molar-refractivity contribution in [1.29, 1.82) is 0 Å². The van der Waals surface area contributed by atoms with E-state index in [1.165, 1.54) is 0 Å². The van der Waals surface area contributed by atoms with Crippen molar-refractivity contribution >= 4 is 6.03 Å². The Morgan fingerprint density at radius 2 is 2.14 bits per heavy atom. The van der Waals surface area contributed by atoms with Gasteiger partial charge in [-0.15, -0.1) is 0 Å². The molecule has 8 heteroatoms. The Hall–Kier alpha value is -0.990. The highest BCUT2D eigenvalue weighted by atomic mass is 19.3. The van der Waals surface area contributed by atoms with Crippen LogP contribution in [0.2, 0.25) is 0 Å². The third-order valence-electron chi connectivity index (χ3n) is 4.73. The summed E-state index contributed by atoms with van der Waals surface area (Å²) in [4.78, 5) is 13.4. The van der Waals surface area contributed by atoms with E-state index in [0.29, 0.717) is 6.54 Å². The number of ether oxygens (including phenoxy) is 1. The molecule has 0 spiro atoms. The normalized spacial score (nSPS) is 35.3. The van der Waals surface area contributed by atoms with E-state index >= 15 is 0 Å². The Bertz CT molecular complexity index is 420. The first kappa shape index (κ1) is 15.9. The SMILES string of the molecule is O=C(NC1CCC1)NC1COC(CN2CCC(F)(F)C2)C1O. The molecule has 3 atom stereocenters. The van der Waals surface area contributed by atoms with E-state index in [0.717, 1.165) is 19.3 Å². The van der Waals surface area contributed by atoms with E-state index in [1.54, 1.807) is 4.90 Å². The molecular formula is C14H23F2N3O3. The quantitative estimate of drug-likeness (QED) is 0.697. The van der Waals surface area contributed by atoms with Gasteiger partial charge in [-0.3, -0.25) is 4.90 Å². The molecule has 0 bridgehead atoms. The topological polar surface area (TPSA) is 73.8 Å². The van der Waals surface area contributed by atoms with Crippen LogP contribution >= 0.6 is 0 Å². The Morgan fingerprint density at radius 1 is 1.36 bits per heavy atom. The van der Waals surface area contributed by atoms with Gasteiger partial charge in [0.2, 0.25) is 0 Å². The van der Waals surface area contributed by atoms with Gasteiger partial charge >= 0.3 is 6.03 Å². The maximum Gasteiger partial charge on any atom is 0.315 e. The number of carbonyl (C=O) groups is 1. The fourth-order valence-electron chi connectivity index (χ4n) is 3.14. The summed E-state index contributed by atoms with van der Waals surface area (Å²) in [6.07, 6.45) is 1.54. The molecule has 2 aliphatic heterocycles. The fraction of sp³-hybridized carbons (Fsp3) is 0.929. The van der Waals surface area contributed by atoms with Crippen molar-refractivity contribution in [2.24, 2.45) is 0 Å². The van der Waals surface area contributed by atoms with Crippen molar-refractivity contribution in [1.82, 2.24) is 15.5 Å². The summed E-state index contributed by atoms with van der Waals surface area (Å²) in [5.74, 6) is -2.65. The number of aliphatic hydroxyl groups is 1. The molecule has 3 rings (SSSR count). The van der Waals surface area contributed by atoms with Crippen LogP contribution in [0.5, 0.6) is 0 Å². The highest BCUT2D eigenvalue weighted by molar-refractivity contribution is 5.74. The Kier molecular flexibility index (Phi) is 4.52. The first-order valence-electron chi connectivity index (χ1n) is 7.90. The third-order valence-corrected chi connectivity index (χ3v) is 4.73. The zero-order chi connectivity index (χ0) is 15.7. The van der Waals surface area contributed by atoms with E-state index in [1.807, 2.05) is 0 Å². The highest BCUT2D eigenvalue weighted by Crippen LogP contribution is 2.28. The average molecular weight is 319 g/mol. The van der Waals surface area contributed by atoms with Crippen LogP contribution in [-0.4, -0.2) is 72.5 Å². The van der Waals surface area contributed by atoms with E-state index in [9.17, 15) is 18.7 Å². The minimum absolute atomic E-state index is 0.151. The Balaban J connectivity index is 1.43. The van der Waals surface area contributed by atoms with Crippen LogP contribution in [0.15, 0.2) is 0 Å². The molecule has 2 saturated heterocycles. The molecule has 1 aliphatic carbocycles. The first-order valence-corrected chi connectivity index (χ1v) is 7.90. The summed E-state index contributed by atoms with van der Waals surface area (Å²) >= 11 is 0. The van der Waals surface area contributed by atoms with Gasteiger partial charge in [0.15, 0.2) is 0 Å². The lowest BCUT2D eigenvalue weighted by Gasteiger charge is -2.28. The summed E-state index contributed by atoms with van der Waals surface area (Å²) in [5, 5.41) is 15.8. The maximum atomic E-state index is 13.2. The zero-order valence-corrected chi connectivity index (χ0v) is 12.4. The number of rotatable bonds is 4. The molecule has 2 amide bonds. The predicted octanol–water partition coefficient (Wildman–Crippen LogP) is 0.307. The minimum atomic E-state index is -2.65. The number of amides is 2. The summed E-state index contributed by atoms with van der Waals surface area (Å²) in [5.41, 5.74) is 0. The first-order chi connectivity index (χ1) is 10.4. The Labute approximate surface area is 128 Å². The number of nitrogens with one attached hydrogen (secondary N) is 2. The number of carbonyl (C=O) groups excluding carboxylic acids is 1. The van der Waals surface area contributed by atoms with Gasteiger partial charge in [0, 0.05) is 25.6 Å². The molecule has 22 heavy (non-hydrogen) atoms. The molecule has 2 heterocycles. The molecule has 0 aromatic heterocycles. The average Bonchev–Trinajstić information content (AvgIpc) is 2.91. The molecule has 6 nitrogen and oxygen atoms in total. The molecule has 3 aliphatic rings. The smallest absolute Gasteiger partial charge is 0.315 e. The highest BCUT2D eigenvalue weighted by Gasteiger charge is 2.43. The number of likely N-dealkylation sites (tertiary alicyclic amines) is 1. The van der Waals surface area contributed by atoms with Crippen LogP contribution < -0.4 is 10.6 Å². The molecule has 0 aromatic carbocycles. The predicted molar refractivity (Wildman–Crippen MR) is 74.8 cm³/mol.